The van der Waals surface area contributed by atoms with Gasteiger partial charge in [0.1, 0.15) is 0 Å². The Bertz CT molecular complexity index is 976. The molecule has 2 aromatic rings. The summed E-state index contributed by atoms with van der Waals surface area (Å²) in [7, 11) is -0.765. The van der Waals surface area contributed by atoms with E-state index in [-0.39, 0.29) is 10.6 Å². The van der Waals surface area contributed by atoms with Crippen molar-refractivity contribution in [2.45, 2.75) is 29.7 Å². The molecule has 0 heterocycles. The van der Waals surface area contributed by atoms with Gasteiger partial charge in [0.15, 0.2) is 6.10 Å². The number of thioether (sulfide) groups is 1. The van der Waals surface area contributed by atoms with Crippen LogP contribution in [0, 0.1) is 6.92 Å². The van der Waals surface area contributed by atoms with E-state index in [2.05, 4.69) is 5.32 Å². The van der Waals surface area contributed by atoms with Crippen molar-refractivity contribution in [3.05, 3.63) is 54.1 Å². The van der Waals surface area contributed by atoms with Gasteiger partial charge in [-0.25, -0.2) is 12.7 Å². The zero-order valence-corrected chi connectivity index (χ0v) is 18.3. The van der Waals surface area contributed by atoms with Crippen molar-refractivity contribution in [2.75, 3.05) is 25.2 Å². The molecular weight excluding hydrogens is 412 g/mol. The molecule has 1 N–H and O–H groups in total. The van der Waals surface area contributed by atoms with Crippen molar-refractivity contribution in [2.24, 2.45) is 0 Å². The van der Waals surface area contributed by atoms with Crippen LogP contribution in [0.5, 0.6) is 0 Å². The molecule has 0 aliphatic heterocycles. The number of nitrogens with zero attached hydrogens (tertiary/aromatic N) is 1. The molecule has 0 spiro atoms. The maximum absolute atomic E-state index is 12.4. The van der Waals surface area contributed by atoms with Crippen molar-refractivity contribution >= 4 is 39.3 Å². The third-order valence-electron chi connectivity index (χ3n) is 4.02. The third-order valence-corrected chi connectivity index (χ3v) is 6.82. The lowest BCUT2D eigenvalue weighted by Gasteiger charge is -2.17. The molecule has 0 radical (unpaired) electrons. The molecule has 0 aliphatic rings. The molecule has 156 valence electrons. The molecule has 1 unspecified atom stereocenters. The van der Waals surface area contributed by atoms with E-state index in [0.717, 1.165) is 9.20 Å². The highest BCUT2D eigenvalue weighted by Gasteiger charge is 2.21. The van der Waals surface area contributed by atoms with Gasteiger partial charge in [0.05, 0.1) is 10.6 Å². The summed E-state index contributed by atoms with van der Waals surface area (Å²) in [6.45, 7) is 3.21. The first-order chi connectivity index (χ1) is 13.6. The molecule has 2 aromatic carbocycles. The second kappa shape index (κ2) is 9.91. The molecule has 7 nitrogen and oxygen atoms in total. The highest BCUT2D eigenvalue weighted by atomic mass is 32.2. The number of anilines is 1. The summed E-state index contributed by atoms with van der Waals surface area (Å²) in [5.41, 5.74) is 1.04. The predicted octanol–water partition coefficient (Wildman–Crippen LogP) is 2.91. The van der Waals surface area contributed by atoms with E-state index in [4.69, 9.17) is 4.74 Å². The minimum absolute atomic E-state index is 0.0623. The van der Waals surface area contributed by atoms with Gasteiger partial charge < -0.3 is 10.1 Å². The van der Waals surface area contributed by atoms with Crippen LogP contribution in [0.1, 0.15) is 12.5 Å². The summed E-state index contributed by atoms with van der Waals surface area (Å²) in [4.78, 5) is 25.4. The number of esters is 1. The lowest BCUT2D eigenvalue weighted by atomic mass is 10.2. The molecule has 0 saturated heterocycles. The number of sulfonamides is 1. The Morgan fingerprint density at radius 1 is 1.14 bits per heavy atom. The Kier molecular flexibility index (Phi) is 7.83. The van der Waals surface area contributed by atoms with Crippen LogP contribution in [-0.4, -0.2) is 50.6 Å². The highest BCUT2D eigenvalue weighted by molar-refractivity contribution is 8.00. The van der Waals surface area contributed by atoms with Gasteiger partial charge in [-0.15, -0.1) is 11.8 Å². The number of carbonyl (C=O) groups excluding carboxylic acids is 2. The summed E-state index contributed by atoms with van der Waals surface area (Å²) in [5, 5.41) is 2.63. The number of amides is 1. The van der Waals surface area contributed by atoms with Gasteiger partial charge in [-0.1, -0.05) is 24.3 Å². The van der Waals surface area contributed by atoms with Crippen LogP contribution >= 0.6 is 11.8 Å². The van der Waals surface area contributed by atoms with Crippen LogP contribution in [-0.2, 0) is 24.3 Å². The maximum Gasteiger partial charge on any atom is 0.317 e. The van der Waals surface area contributed by atoms with Crippen molar-refractivity contribution in [3.63, 3.8) is 0 Å². The minimum Gasteiger partial charge on any atom is -0.452 e. The lowest BCUT2D eigenvalue weighted by Crippen LogP contribution is -2.31. The Morgan fingerprint density at radius 2 is 1.79 bits per heavy atom. The molecule has 0 aliphatic carbocycles. The van der Waals surface area contributed by atoms with Crippen molar-refractivity contribution in [1.29, 1.82) is 0 Å². The number of benzene rings is 2. The van der Waals surface area contributed by atoms with Crippen LogP contribution in [0.3, 0.4) is 0 Å². The molecule has 0 saturated carbocycles. The topological polar surface area (TPSA) is 92.8 Å². The zero-order valence-electron chi connectivity index (χ0n) is 16.7. The molecular formula is C20H24N2O5S2. The van der Waals surface area contributed by atoms with Crippen LogP contribution in [0.4, 0.5) is 5.69 Å². The van der Waals surface area contributed by atoms with E-state index in [1.165, 1.54) is 44.9 Å². The van der Waals surface area contributed by atoms with Gasteiger partial charge >= 0.3 is 5.97 Å². The molecule has 1 amide bonds. The monoisotopic (exact) mass is 436 g/mol. The molecule has 29 heavy (non-hydrogen) atoms. The predicted molar refractivity (Wildman–Crippen MR) is 113 cm³/mol. The van der Waals surface area contributed by atoms with Gasteiger partial charge in [0.2, 0.25) is 10.0 Å². The second-order valence-electron chi connectivity index (χ2n) is 6.49. The fraction of sp³-hybridized carbons (Fsp3) is 0.300. The molecule has 0 bridgehead atoms. The van der Waals surface area contributed by atoms with E-state index in [1.54, 1.807) is 13.0 Å². The molecule has 1 atom stereocenters. The summed E-state index contributed by atoms with van der Waals surface area (Å²) in [5.74, 6) is -0.968. The first kappa shape index (κ1) is 22.9. The van der Waals surface area contributed by atoms with Crippen LogP contribution in [0.2, 0.25) is 0 Å². The molecule has 0 aromatic heterocycles. The van der Waals surface area contributed by atoms with E-state index >= 15 is 0 Å². The Labute approximate surface area is 175 Å². The van der Waals surface area contributed by atoms with E-state index < -0.39 is 28.0 Å². The van der Waals surface area contributed by atoms with Crippen LogP contribution in [0.25, 0.3) is 0 Å². The summed E-state index contributed by atoms with van der Waals surface area (Å²) < 4.78 is 30.9. The Balaban J connectivity index is 1.99. The van der Waals surface area contributed by atoms with Crippen molar-refractivity contribution < 1.29 is 22.7 Å². The van der Waals surface area contributed by atoms with Crippen LogP contribution < -0.4 is 5.32 Å². The fourth-order valence-corrected chi connectivity index (χ4v) is 3.92. The third kappa shape index (κ3) is 6.31. The standard InChI is InChI=1S/C20H24N2O5S2/c1-14-10-11-17(29(25,26)22(3)4)12-18(14)21-20(24)15(2)27-19(23)13-28-16-8-6-5-7-9-16/h5-12,15H,13H2,1-4H3,(H,21,24). The number of hydrogen-bond donors (Lipinski definition) is 1. The van der Waals surface area contributed by atoms with Gasteiger partial charge in [-0.05, 0) is 43.7 Å². The number of hydrogen-bond acceptors (Lipinski definition) is 6. The summed E-state index contributed by atoms with van der Waals surface area (Å²) >= 11 is 1.32. The quantitative estimate of drug-likeness (QED) is 0.505. The van der Waals surface area contributed by atoms with Gasteiger partial charge in [-0.2, -0.15) is 0 Å². The molecule has 2 rings (SSSR count). The van der Waals surface area contributed by atoms with Gasteiger partial charge in [-0.3, -0.25) is 9.59 Å². The van der Waals surface area contributed by atoms with Crippen LogP contribution in [0.15, 0.2) is 58.3 Å². The molecule has 9 heteroatoms. The number of rotatable bonds is 8. The average molecular weight is 437 g/mol. The largest absolute Gasteiger partial charge is 0.452 e. The second-order valence-corrected chi connectivity index (χ2v) is 9.69. The maximum atomic E-state index is 12.4. The normalized spacial score (nSPS) is 12.4. The van der Waals surface area contributed by atoms with Crippen molar-refractivity contribution in [1.82, 2.24) is 4.31 Å². The number of ether oxygens (including phenoxy) is 1. The number of nitrogens with one attached hydrogen (secondary N) is 1. The first-order valence-electron chi connectivity index (χ1n) is 8.82. The average Bonchev–Trinajstić information content (AvgIpc) is 2.68. The van der Waals surface area contributed by atoms with Crippen molar-refractivity contribution in [3.8, 4) is 0 Å². The van der Waals surface area contributed by atoms with E-state index in [1.807, 2.05) is 30.3 Å². The Morgan fingerprint density at radius 3 is 2.41 bits per heavy atom. The molecule has 0 fully saturated rings. The zero-order chi connectivity index (χ0) is 21.6. The number of aryl methyl sites for hydroxylation is 1. The SMILES string of the molecule is Cc1ccc(S(=O)(=O)N(C)C)cc1NC(=O)C(C)OC(=O)CSc1ccccc1. The first-order valence-corrected chi connectivity index (χ1v) is 11.2. The smallest absolute Gasteiger partial charge is 0.317 e. The van der Waals surface area contributed by atoms with E-state index in [0.29, 0.717) is 11.3 Å². The number of carbonyl (C=O) groups is 2. The summed E-state index contributed by atoms with van der Waals surface area (Å²) in [6.07, 6.45) is -1.02. The highest BCUT2D eigenvalue weighted by Crippen LogP contribution is 2.22. The summed E-state index contributed by atoms with van der Waals surface area (Å²) in [6, 6.07) is 13.9. The van der Waals surface area contributed by atoms with Gasteiger partial charge in [0.25, 0.3) is 5.91 Å². The van der Waals surface area contributed by atoms with Gasteiger partial charge in [0, 0.05) is 24.7 Å². The van der Waals surface area contributed by atoms with E-state index in [9.17, 15) is 18.0 Å². The fourth-order valence-electron chi connectivity index (χ4n) is 2.29. The lowest BCUT2D eigenvalue weighted by molar-refractivity contribution is -0.150. The minimum atomic E-state index is -3.63. The Hall–Kier alpha value is -2.36.